The summed E-state index contributed by atoms with van der Waals surface area (Å²) in [6.07, 6.45) is 2.05. The monoisotopic (exact) mass is 217 g/mol. The van der Waals surface area contributed by atoms with Crippen LogP contribution in [0, 0.1) is 0 Å². The van der Waals surface area contributed by atoms with Crippen molar-refractivity contribution in [3.8, 4) is 0 Å². The third-order valence-electron chi connectivity index (χ3n) is 2.49. The van der Waals surface area contributed by atoms with Crippen molar-refractivity contribution in [3.63, 3.8) is 0 Å². The second-order valence-corrected chi connectivity index (χ2v) is 3.94. The van der Waals surface area contributed by atoms with Crippen molar-refractivity contribution in [2.24, 2.45) is 0 Å². The van der Waals surface area contributed by atoms with Gasteiger partial charge in [0.1, 0.15) is 0 Å². The van der Waals surface area contributed by atoms with Crippen molar-refractivity contribution in [3.05, 3.63) is 47.1 Å². The molecule has 0 unspecified atom stereocenters. The molecule has 0 bridgehead atoms. The van der Waals surface area contributed by atoms with Crippen LogP contribution in [0.5, 0.6) is 0 Å². The predicted molar refractivity (Wildman–Crippen MR) is 66.1 cm³/mol. The summed E-state index contributed by atoms with van der Waals surface area (Å²) in [6, 6.07) is 9.86. The van der Waals surface area contributed by atoms with Gasteiger partial charge >= 0.3 is 0 Å². The molecule has 0 saturated carbocycles. The summed E-state index contributed by atoms with van der Waals surface area (Å²) in [4.78, 5) is 4.55. The number of fused-ring (bicyclic) bond motifs is 1. The number of allylic oxidation sites excluding steroid dienone is 2. The van der Waals surface area contributed by atoms with Crippen LogP contribution >= 0.6 is 11.6 Å². The highest BCUT2D eigenvalue weighted by Crippen LogP contribution is 2.20. The summed E-state index contributed by atoms with van der Waals surface area (Å²) in [5.41, 5.74) is 3.13. The molecule has 0 saturated heterocycles. The third-order valence-corrected chi connectivity index (χ3v) is 2.73. The number of nitrogens with zero attached hydrogens (tertiary/aromatic N) is 1. The molecular formula is C13H12ClN. The predicted octanol–water partition coefficient (Wildman–Crippen LogP) is 4.31. The van der Waals surface area contributed by atoms with Gasteiger partial charge in [0.15, 0.2) is 0 Å². The van der Waals surface area contributed by atoms with E-state index in [4.69, 9.17) is 11.6 Å². The SMILES string of the molecule is C/C=C(/C)c1ccc2ccc(Cl)cc2n1. The third kappa shape index (κ3) is 2.02. The number of benzene rings is 1. The van der Waals surface area contributed by atoms with Crippen molar-refractivity contribution in [1.29, 1.82) is 0 Å². The fraction of sp³-hybridized carbons (Fsp3) is 0.154. The van der Waals surface area contributed by atoms with Crippen molar-refractivity contribution in [2.75, 3.05) is 0 Å². The first-order chi connectivity index (χ1) is 7.20. The van der Waals surface area contributed by atoms with E-state index in [2.05, 4.69) is 24.1 Å². The molecule has 0 radical (unpaired) electrons. The van der Waals surface area contributed by atoms with Gasteiger partial charge in [0.25, 0.3) is 0 Å². The van der Waals surface area contributed by atoms with E-state index < -0.39 is 0 Å². The Balaban J connectivity index is 2.64. The Kier molecular flexibility index (Phi) is 2.74. The molecule has 1 aromatic carbocycles. The molecule has 2 rings (SSSR count). The van der Waals surface area contributed by atoms with Gasteiger partial charge in [-0.05, 0) is 37.6 Å². The molecule has 2 heteroatoms. The number of pyridine rings is 1. The van der Waals surface area contributed by atoms with E-state index in [1.54, 1.807) is 0 Å². The number of rotatable bonds is 1. The maximum Gasteiger partial charge on any atom is 0.0724 e. The Hall–Kier alpha value is -1.34. The lowest BCUT2D eigenvalue weighted by Crippen LogP contribution is -1.86. The van der Waals surface area contributed by atoms with E-state index in [-0.39, 0.29) is 0 Å². The normalized spacial score (nSPS) is 12.1. The average molecular weight is 218 g/mol. The topological polar surface area (TPSA) is 12.9 Å². The van der Waals surface area contributed by atoms with E-state index in [0.29, 0.717) is 0 Å². The molecule has 1 heterocycles. The summed E-state index contributed by atoms with van der Waals surface area (Å²) < 4.78 is 0. The standard InChI is InChI=1S/C13H12ClN/c1-3-9(2)12-7-5-10-4-6-11(14)8-13(10)15-12/h3-8H,1-2H3/b9-3-. The summed E-state index contributed by atoms with van der Waals surface area (Å²) in [5.74, 6) is 0. The molecule has 0 spiro atoms. The van der Waals surface area contributed by atoms with Crippen LogP contribution in [0.25, 0.3) is 16.5 Å². The second kappa shape index (κ2) is 4.03. The van der Waals surface area contributed by atoms with Gasteiger partial charge in [-0.3, -0.25) is 0 Å². The first kappa shape index (κ1) is 10.2. The zero-order valence-corrected chi connectivity index (χ0v) is 9.55. The molecule has 15 heavy (non-hydrogen) atoms. The highest BCUT2D eigenvalue weighted by Gasteiger charge is 2.00. The van der Waals surface area contributed by atoms with Crippen LogP contribution in [-0.2, 0) is 0 Å². The van der Waals surface area contributed by atoms with Gasteiger partial charge in [-0.15, -0.1) is 0 Å². The fourth-order valence-electron chi connectivity index (χ4n) is 1.46. The molecule has 1 aromatic heterocycles. The summed E-state index contributed by atoms with van der Waals surface area (Å²) in [6.45, 7) is 4.07. The van der Waals surface area contributed by atoms with Crippen molar-refractivity contribution >= 4 is 28.1 Å². The maximum atomic E-state index is 5.93. The fourth-order valence-corrected chi connectivity index (χ4v) is 1.62. The lowest BCUT2D eigenvalue weighted by molar-refractivity contribution is 1.33. The Morgan fingerprint density at radius 2 is 2.00 bits per heavy atom. The zero-order chi connectivity index (χ0) is 10.8. The quantitative estimate of drug-likeness (QED) is 0.694. The van der Waals surface area contributed by atoms with Crippen LogP contribution in [0.2, 0.25) is 5.02 Å². The number of halogens is 1. The van der Waals surface area contributed by atoms with Crippen LogP contribution in [0.15, 0.2) is 36.4 Å². The largest absolute Gasteiger partial charge is 0.248 e. The Morgan fingerprint density at radius 1 is 1.27 bits per heavy atom. The highest BCUT2D eigenvalue weighted by atomic mass is 35.5. The maximum absolute atomic E-state index is 5.93. The molecule has 76 valence electrons. The molecule has 0 amide bonds. The Labute approximate surface area is 94.4 Å². The van der Waals surface area contributed by atoms with Crippen LogP contribution in [0.4, 0.5) is 0 Å². The Morgan fingerprint density at radius 3 is 2.73 bits per heavy atom. The van der Waals surface area contributed by atoms with Crippen LogP contribution in [0.3, 0.4) is 0 Å². The minimum absolute atomic E-state index is 0.727. The number of hydrogen-bond donors (Lipinski definition) is 0. The molecule has 0 atom stereocenters. The molecule has 0 N–H and O–H groups in total. The minimum Gasteiger partial charge on any atom is -0.248 e. The first-order valence-electron chi connectivity index (χ1n) is 4.90. The van der Waals surface area contributed by atoms with Gasteiger partial charge in [0, 0.05) is 10.4 Å². The molecule has 0 fully saturated rings. The second-order valence-electron chi connectivity index (χ2n) is 3.51. The lowest BCUT2D eigenvalue weighted by atomic mass is 10.1. The van der Waals surface area contributed by atoms with Gasteiger partial charge < -0.3 is 0 Å². The van der Waals surface area contributed by atoms with Gasteiger partial charge in [-0.25, -0.2) is 4.98 Å². The van der Waals surface area contributed by atoms with Crippen LogP contribution in [-0.4, -0.2) is 4.98 Å². The number of aromatic nitrogens is 1. The van der Waals surface area contributed by atoms with Gasteiger partial charge in [0.05, 0.1) is 11.2 Å². The summed E-state index contributed by atoms with van der Waals surface area (Å²) in [7, 11) is 0. The van der Waals surface area contributed by atoms with Crippen molar-refractivity contribution in [2.45, 2.75) is 13.8 Å². The Bertz CT molecular complexity index is 529. The van der Waals surface area contributed by atoms with Crippen LogP contribution < -0.4 is 0 Å². The first-order valence-corrected chi connectivity index (χ1v) is 5.28. The van der Waals surface area contributed by atoms with Gasteiger partial charge in [-0.2, -0.15) is 0 Å². The molecule has 0 aliphatic heterocycles. The van der Waals surface area contributed by atoms with Gasteiger partial charge in [-0.1, -0.05) is 29.8 Å². The van der Waals surface area contributed by atoms with Crippen LogP contribution in [0.1, 0.15) is 19.5 Å². The molecular weight excluding hydrogens is 206 g/mol. The lowest BCUT2D eigenvalue weighted by Gasteiger charge is -2.03. The minimum atomic E-state index is 0.727. The van der Waals surface area contributed by atoms with E-state index >= 15 is 0 Å². The smallest absolute Gasteiger partial charge is 0.0724 e. The van der Waals surface area contributed by atoms with Crippen molar-refractivity contribution < 1.29 is 0 Å². The molecule has 2 aromatic rings. The zero-order valence-electron chi connectivity index (χ0n) is 8.79. The molecule has 0 aliphatic rings. The number of hydrogen-bond acceptors (Lipinski definition) is 1. The van der Waals surface area contributed by atoms with Gasteiger partial charge in [0.2, 0.25) is 0 Å². The van der Waals surface area contributed by atoms with E-state index in [1.165, 1.54) is 5.57 Å². The van der Waals surface area contributed by atoms with E-state index in [9.17, 15) is 0 Å². The average Bonchev–Trinajstić information content (AvgIpc) is 2.27. The van der Waals surface area contributed by atoms with Crippen molar-refractivity contribution in [1.82, 2.24) is 4.98 Å². The summed E-state index contributed by atoms with van der Waals surface area (Å²) in [5, 5.41) is 1.84. The molecule has 0 aliphatic carbocycles. The van der Waals surface area contributed by atoms with E-state index in [0.717, 1.165) is 21.6 Å². The van der Waals surface area contributed by atoms with E-state index in [1.807, 2.05) is 31.2 Å². The highest BCUT2D eigenvalue weighted by molar-refractivity contribution is 6.31. The summed E-state index contributed by atoms with van der Waals surface area (Å²) >= 11 is 5.93. The molecule has 1 nitrogen and oxygen atoms in total.